The summed E-state index contributed by atoms with van der Waals surface area (Å²) in [5.41, 5.74) is 1.48. The highest BCUT2D eigenvalue weighted by atomic mass is 32.1. The number of rotatable bonds is 7. The topological polar surface area (TPSA) is 21.3 Å². The van der Waals surface area contributed by atoms with Crippen molar-refractivity contribution in [1.29, 1.82) is 0 Å². The largest absolute Gasteiger partial charge is 0.383 e. The summed E-state index contributed by atoms with van der Waals surface area (Å²) >= 11 is 1.85. The Morgan fingerprint density at radius 3 is 3.00 bits per heavy atom. The minimum atomic E-state index is 0.653. The number of fused-ring (bicyclic) bond motifs is 1. The second kappa shape index (κ2) is 6.88. The van der Waals surface area contributed by atoms with E-state index in [0.717, 1.165) is 26.1 Å². The lowest BCUT2D eigenvalue weighted by Gasteiger charge is -2.12. The van der Waals surface area contributed by atoms with Gasteiger partial charge in [0.2, 0.25) is 0 Å². The van der Waals surface area contributed by atoms with Crippen LogP contribution in [-0.2, 0) is 11.2 Å². The van der Waals surface area contributed by atoms with Crippen molar-refractivity contribution in [3.8, 4) is 0 Å². The van der Waals surface area contributed by atoms with E-state index in [1.54, 1.807) is 7.11 Å². The van der Waals surface area contributed by atoms with Gasteiger partial charge in [0.1, 0.15) is 0 Å². The average Bonchev–Trinajstić information content (AvgIpc) is 2.78. The van der Waals surface area contributed by atoms with Crippen LogP contribution in [0.5, 0.6) is 0 Å². The Bertz CT molecular complexity index is 480. The molecule has 2 nitrogen and oxygen atoms in total. The summed E-state index contributed by atoms with van der Waals surface area (Å²) in [6.45, 7) is 5.07. The van der Waals surface area contributed by atoms with Gasteiger partial charge in [-0.2, -0.15) is 0 Å². The van der Waals surface area contributed by atoms with Gasteiger partial charge in [-0.1, -0.05) is 25.1 Å². The van der Waals surface area contributed by atoms with Gasteiger partial charge < -0.3 is 10.1 Å². The number of benzene rings is 1. The normalized spacial score (nSPS) is 13.0. The summed E-state index contributed by atoms with van der Waals surface area (Å²) in [5, 5.41) is 7.15. The maximum Gasteiger partial charge on any atom is 0.0587 e. The van der Waals surface area contributed by atoms with E-state index in [-0.39, 0.29) is 0 Å². The van der Waals surface area contributed by atoms with Gasteiger partial charge in [-0.05, 0) is 41.3 Å². The molecule has 0 amide bonds. The number of methoxy groups -OCH3 is 1. The first kappa shape index (κ1) is 13.5. The molecule has 0 bridgehead atoms. The minimum Gasteiger partial charge on any atom is -0.383 e. The maximum absolute atomic E-state index is 5.03. The Kier molecular flexibility index (Phi) is 5.17. The first-order chi connectivity index (χ1) is 8.81. The lowest BCUT2D eigenvalue weighted by molar-refractivity contribution is 0.198. The molecule has 98 valence electrons. The fourth-order valence-corrected chi connectivity index (χ4v) is 3.14. The summed E-state index contributed by atoms with van der Waals surface area (Å²) in [5.74, 6) is 0.653. The van der Waals surface area contributed by atoms with Crippen LogP contribution in [0.2, 0.25) is 0 Å². The Hall–Kier alpha value is -0.900. The van der Waals surface area contributed by atoms with Crippen molar-refractivity contribution in [3.63, 3.8) is 0 Å². The molecule has 1 N–H and O–H groups in total. The van der Waals surface area contributed by atoms with Crippen molar-refractivity contribution < 1.29 is 4.74 Å². The molecule has 0 saturated carbocycles. The fourth-order valence-electron chi connectivity index (χ4n) is 2.16. The SMILES string of the molecule is COCCNCC(C)Cc1csc2ccccc12. The van der Waals surface area contributed by atoms with Crippen LogP contribution in [0, 0.1) is 5.92 Å². The zero-order valence-corrected chi connectivity index (χ0v) is 11.9. The van der Waals surface area contributed by atoms with E-state index >= 15 is 0 Å². The highest BCUT2D eigenvalue weighted by molar-refractivity contribution is 7.17. The quantitative estimate of drug-likeness (QED) is 0.774. The maximum atomic E-state index is 5.03. The predicted octanol–water partition coefficient (Wildman–Crippen LogP) is 3.32. The molecule has 3 heteroatoms. The fraction of sp³-hybridized carbons (Fsp3) is 0.467. The Labute approximate surface area is 113 Å². The monoisotopic (exact) mass is 263 g/mol. The van der Waals surface area contributed by atoms with E-state index in [4.69, 9.17) is 4.74 Å². The van der Waals surface area contributed by atoms with Crippen molar-refractivity contribution in [2.75, 3.05) is 26.8 Å². The van der Waals surface area contributed by atoms with Gasteiger partial charge in [0.15, 0.2) is 0 Å². The number of ether oxygens (including phenoxy) is 1. The van der Waals surface area contributed by atoms with Crippen LogP contribution in [0.15, 0.2) is 29.6 Å². The number of hydrogen-bond acceptors (Lipinski definition) is 3. The molecule has 0 saturated heterocycles. The molecule has 0 radical (unpaired) electrons. The predicted molar refractivity (Wildman–Crippen MR) is 79.4 cm³/mol. The van der Waals surface area contributed by atoms with Gasteiger partial charge in [0, 0.05) is 18.4 Å². The van der Waals surface area contributed by atoms with E-state index < -0.39 is 0 Å². The molecule has 1 unspecified atom stereocenters. The second-order valence-corrected chi connectivity index (χ2v) is 5.67. The van der Waals surface area contributed by atoms with Gasteiger partial charge >= 0.3 is 0 Å². The Morgan fingerprint density at radius 1 is 1.33 bits per heavy atom. The summed E-state index contributed by atoms with van der Waals surface area (Å²) in [6.07, 6.45) is 1.14. The van der Waals surface area contributed by atoms with Crippen LogP contribution in [0.3, 0.4) is 0 Å². The Balaban J connectivity index is 1.88. The van der Waals surface area contributed by atoms with Gasteiger partial charge in [0.05, 0.1) is 6.61 Å². The highest BCUT2D eigenvalue weighted by Gasteiger charge is 2.08. The lowest BCUT2D eigenvalue weighted by Crippen LogP contribution is -2.25. The van der Waals surface area contributed by atoms with Crippen molar-refractivity contribution in [2.24, 2.45) is 5.92 Å². The van der Waals surface area contributed by atoms with Gasteiger partial charge in [-0.3, -0.25) is 0 Å². The van der Waals surface area contributed by atoms with Crippen molar-refractivity contribution in [1.82, 2.24) is 5.32 Å². The van der Waals surface area contributed by atoms with Crippen LogP contribution in [0.25, 0.3) is 10.1 Å². The Morgan fingerprint density at radius 2 is 2.17 bits per heavy atom. The zero-order valence-electron chi connectivity index (χ0n) is 11.1. The number of nitrogens with one attached hydrogen (secondary N) is 1. The molecular formula is C15H21NOS. The van der Waals surface area contributed by atoms with Crippen molar-refractivity contribution >= 4 is 21.4 Å². The molecule has 1 heterocycles. The summed E-state index contributed by atoms with van der Waals surface area (Å²) in [7, 11) is 1.74. The molecule has 2 rings (SSSR count). The van der Waals surface area contributed by atoms with Crippen LogP contribution < -0.4 is 5.32 Å². The standard InChI is InChI=1S/C15H21NOS/c1-12(10-16-7-8-17-2)9-13-11-18-15-6-4-3-5-14(13)15/h3-6,11-12,16H,7-10H2,1-2H3. The van der Waals surface area contributed by atoms with Crippen LogP contribution >= 0.6 is 11.3 Å². The third-order valence-corrected chi connectivity index (χ3v) is 4.12. The molecule has 0 spiro atoms. The van der Waals surface area contributed by atoms with Gasteiger partial charge in [0.25, 0.3) is 0 Å². The minimum absolute atomic E-state index is 0.653. The van der Waals surface area contributed by atoms with Crippen LogP contribution in [-0.4, -0.2) is 26.8 Å². The molecule has 2 aromatic rings. The van der Waals surface area contributed by atoms with Gasteiger partial charge in [-0.25, -0.2) is 0 Å². The average molecular weight is 263 g/mol. The van der Waals surface area contributed by atoms with E-state index in [2.05, 4.69) is 41.9 Å². The second-order valence-electron chi connectivity index (χ2n) is 4.76. The molecule has 18 heavy (non-hydrogen) atoms. The molecule has 1 aromatic carbocycles. The molecular weight excluding hydrogens is 242 g/mol. The molecule has 0 aliphatic rings. The van der Waals surface area contributed by atoms with E-state index in [0.29, 0.717) is 5.92 Å². The van der Waals surface area contributed by atoms with Gasteiger partial charge in [-0.15, -0.1) is 11.3 Å². The molecule has 1 aromatic heterocycles. The smallest absolute Gasteiger partial charge is 0.0587 e. The first-order valence-electron chi connectivity index (χ1n) is 6.46. The lowest BCUT2D eigenvalue weighted by atomic mass is 10.0. The molecule has 0 fully saturated rings. The molecule has 0 aliphatic heterocycles. The third kappa shape index (κ3) is 3.55. The molecule has 1 atom stereocenters. The summed E-state index contributed by atoms with van der Waals surface area (Å²) in [6, 6.07) is 8.66. The first-order valence-corrected chi connectivity index (χ1v) is 7.34. The number of thiophene rings is 1. The van der Waals surface area contributed by atoms with Crippen molar-refractivity contribution in [3.05, 3.63) is 35.2 Å². The third-order valence-electron chi connectivity index (χ3n) is 3.11. The van der Waals surface area contributed by atoms with Crippen LogP contribution in [0.1, 0.15) is 12.5 Å². The highest BCUT2D eigenvalue weighted by Crippen LogP contribution is 2.27. The van der Waals surface area contributed by atoms with Crippen LogP contribution in [0.4, 0.5) is 0 Å². The zero-order chi connectivity index (χ0) is 12.8. The molecule has 0 aliphatic carbocycles. The van der Waals surface area contributed by atoms with E-state index in [1.807, 2.05) is 11.3 Å². The summed E-state index contributed by atoms with van der Waals surface area (Å²) in [4.78, 5) is 0. The van der Waals surface area contributed by atoms with E-state index in [9.17, 15) is 0 Å². The van der Waals surface area contributed by atoms with E-state index in [1.165, 1.54) is 15.6 Å². The van der Waals surface area contributed by atoms with Crippen molar-refractivity contribution in [2.45, 2.75) is 13.3 Å². The number of hydrogen-bond donors (Lipinski definition) is 1. The summed E-state index contributed by atoms with van der Waals surface area (Å²) < 4.78 is 6.42.